The molecule has 0 radical (unpaired) electrons. The van der Waals surface area contributed by atoms with Crippen LogP contribution in [0.4, 0.5) is 0 Å². The third kappa shape index (κ3) is 348. The van der Waals surface area contributed by atoms with Crippen molar-refractivity contribution in [3.05, 3.63) is 49.1 Å². The van der Waals surface area contributed by atoms with E-state index in [4.69, 9.17) is 0 Å². The normalized spacial score (nSPS) is 6.81. The number of rotatable bonds is 1. The summed E-state index contributed by atoms with van der Waals surface area (Å²) in [6.07, 6.45) is 9.60. The molecule has 0 bridgehead atoms. The summed E-state index contributed by atoms with van der Waals surface area (Å²) < 4.78 is 0. The van der Waals surface area contributed by atoms with Crippen LogP contribution in [0.1, 0.15) is 90.0 Å². The summed E-state index contributed by atoms with van der Waals surface area (Å²) in [5.74, 6) is 0. The lowest BCUT2D eigenvalue weighted by Gasteiger charge is -1.78. The molecule has 0 amide bonds. The van der Waals surface area contributed by atoms with E-state index in [1.54, 1.807) is 6.08 Å². The molecule has 0 aromatic rings. The standard InChI is InChI=1S/C6H10.C4H8.C3H6.4C2H6/c1-4-6(3)5-2;1-3-4-2;1-3-2;4*1-2/h4-5H,1H2,2-3H3;3-4H,1-2H3;3H,1H2,2H3;4*1-2H3/b6-5-;4-3-;;;;;. The van der Waals surface area contributed by atoms with E-state index >= 15 is 0 Å². The fourth-order valence-corrected chi connectivity index (χ4v) is 0.118. The van der Waals surface area contributed by atoms with Crippen LogP contribution in [0.5, 0.6) is 0 Å². The van der Waals surface area contributed by atoms with Crippen LogP contribution in [-0.2, 0) is 0 Å². The second kappa shape index (κ2) is 126. The number of hydrogen-bond acceptors (Lipinski definition) is 0. The highest BCUT2D eigenvalue weighted by Crippen LogP contribution is 1.88. The molecule has 0 aliphatic rings. The van der Waals surface area contributed by atoms with E-state index in [2.05, 4.69) is 13.2 Å². The molecule has 0 saturated carbocycles. The minimum absolute atomic E-state index is 1.23. The summed E-state index contributed by atoms with van der Waals surface area (Å²) in [6, 6.07) is 0. The quantitative estimate of drug-likeness (QED) is 0.334. The smallest absolute Gasteiger partial charge is 0.0401 e. The van der Waals surface area contributed by atoms with Crippen molar-refractivity contribution >= 4 is 0 Å². The van der Waals surface area contributed by atoms with Crippen LogP contribution in [0.25, 0.3) is 0 Å². The molecule has 0 aromatic carbocycles. The Balaban J connectivity index is -0.0000000233. The van der Waals surface area contributed by atoms with Crippen molar-refractivity contribution in [2.24, 2.45) is 0 Å². The van der Waals surface area contributed by atoms with Crippen LogP contribution in [0.15, 0.2) is 49.1 Å². The molecular formula is C21H48. The Kier molecular flexibility index (Phi) is 257. The van der Waals surface area contributed by atoms with Gasteiger partial charge >= 0.3 is 0 Å². The van der Waals surface area contributed by atoms with Gasteiger partial charge < -0.3 is 0 Å². The molecule has 0 N–H and O–H groups in total. The molecule has 132 valence electrons. The molecular weight excluding hydrogens is 252 g/mol. The summed E-state index contributed by atoms with van der Waals surface area (Å²) in [7, 11) is 0. The summed E-state index contributed by atoms with van der Waals surface area (Å²) in [5.41, 5.74) is 1.23. The maximum atomic E-state index is 3.56. The van der Waals surface area contributed by atoms with Crippen molar-refractivity contribution in [3.63, 3.8) is 0 Å². The van der Waals surface area contributed by atoms with E-state index in [-0.39, 0.29) is 0 Å². The number of allylic oxidation sites excluding steroid dienone is 6. The number of hydrogen-bond donors (Lipinski definition) is 0. The first-order valence-corrected chi connectivity index (χ1v) is 8.54. The Hall–Kier alpha value is -1.04. The van der Waals surface area contributed by atoms with E-state index in [1.807, 2.05) is 114 Å². The highest BCUT2D eigenvalue weighted by Gasteiger charge is 1.66. The molecule has 0 fully saturated rings. The third-order valence-corrected chi connectivity index (χ3v) is 1.11. The summed E-state index contributed by atoms with van der Waals surface area (Å²) in [6.45, 7) is 32.8. The van der Waals surface area contributed by atoms with Crippen molar-refractivity contribution in [2.75, 3.05) is 0 Å². The van der Waals surface area contributed by atoms with Gasteiger partial charge in [-0.2, -0.15) is 0 Å². The van der Waals surface area contributed by atoms with Crippen LogP contribution in [-0.4, -0.2) is 0 Å². The Labute approximate surface area is 139 Å². The van der Waals surface area contributed by atoms with Crippen LogP contribution in [0.3, 0.4) is 0 Å². The van der Waals surface area contributed by atoms with Gasteiger partial charge in [0.05, 0.1) is 0 Å². The van der Waals surface area contributed by atoms with Crippen LogP contribution in [0, 0.1) is 0 Å². The zero-order valence-corrected chi connectivity index (χ0v) is 17.8. The Morgan fingerprint density at radius 3 is 0.810 bits per heavy atom. The zero-order chi connectivity index (χ0) is 19.1. The van der Waals surface area contributed by atoms with Gasteiger partial charge in [0, 0.05) is 0 Å². The monoisotopic (exact) mass is 300 g/mol. The largest absolute Gasteiger partial charge is 0.103 e. The molecule has 0 spiro atoms. The van der Waals surface area contributed by atoms with Crippen LogP contribution >= 0.6 is 0 Å². The average Bonchev–Trinajstić information content (AvgIpc) is 2.62. The molecule has 0 aromatic heterocycles. The molecule has 0 aliphatic heterocycles. The van der Waals surface area contributed by atoms with Crippen LogP contribution in [0.2, 0.25) is 0 Å². The van der Waals surface area contributed by atoms with Crippen molar-refractivity contribution in [3.8, 4) is 0 Å². The summed E-state index contributed by atoms with van der Waals surface area (Å²) in [4.78, 5) is 0. The van der Waals surface area contributed by atoms with Gasteiger partial charge in [-0.25, -0.2) is 0 Å². The summed E-state index contributed by atoms with van der Waals surface area (Å²) in [5, 5.41) is 0. The molecule has 0 aliphatic carbocycles. The first-order valence-electron chi connectivity index (χ1n) is 8.54. The molecule has 21 heavy (non-hydrogen) atoms. The predicted octanol–water partition coefficient (Wildman–Crippen LogP) is 9.02. The molecule has 0 saturated heterocycles. The fourth-order valence-electron chi connectivity index (χ4n) is 0.118. The van der Waals surface area contributed by atoms with Gasteiger partial charge in [-0.3, -0.25) is 0 Å². The first-order chi connectivity index (χ1) is 10.1. The van der Waals surface area contributed by atoms with Gasteiger partial charge in [0.25, 0.3) is 0 Å². The van der Waals surface area contributed by atoms with Gasteiger partial charge in [-0.05, 0) is 34.6 Å². The van der Waals surface area contributed by atoms with Crippen molar-refractivity contribution in [1.82, 2.24) is 0 Å². The molecule has 0 atom stereocenters. The Morgan fingerprint density at radius 1 is 0.619 bits per heavy atom. The maximum absolute atomic E-state index is 3.56. The fraction of sp³-hybridized carbons (Fsp3) is 0.619. The highest BCUT2D eigenvalue weighted by molar-refractivity contribution is 5.10. The van der Waals surface area contributed by atoms with Crippen LogP contribution < -0.4 is 0 Å². The van der Waals surface area contributed by atoms with Gasteiger partial charge in [0.2, 0.25) is 0 Å². The van der Waals surface area contributed by atoms with E-state index < -0.39 is 0 Å². The molecule has 0 heterocycles. The third-order valence-electron chi connectivity index (χ3n) is 1.11. The maximum Gasteiger partial charge on any atom is -0.0401 e. The SMILES string of the molecule is C/C=C\C.C=C/C(C)=C\C.C=CC.CC.CC.CC.CC. The lowest BCUT2D eigenvalue weighted by Crippen LogP contribution is -1.57. The average molecular weight is 301 g/mol. The lowest BCUT2D eigenvalue weighted by atomic mass is 10.3. The summed E-state index contributed by atoms with van der Waals surface area (Å²) >= 11 is 0. The van der Waals surface area contributed by atoms with E-state index in [0.717, 1.165) is 0 Å². The van der Waals surface area contributed by atoms with Crippen molar-refractivity contribution < 1.29 is 0 Å². The molecule has 0 unspecified atom stereocenters. The Bertz CT molecular complexity index is 143. The minimum Gasteiger partial charge on any atom is -0.103 e. The van der Waals surface area contributed by atoms with Gasteiger partial charge in [0.1, 0.15) is 0 Å². The van der Waals surface area contributed by atoms with E-state index in [1.165, 1.54) is 5.57 Å². The van der Waals surface area contributed by atoms with Gasteiger partial charge in [-0.15, -0.1) is 6.58 Å². The second-order valence-electron chi connectivity index (χ2n) is 2.31. The highest BCUT2D eigenvalue weighted by atomic mass is 13.7. The zero-order valence-electron chi connectivity index (χ0n) is 17.8. The lowest BCUT2D eigenvalue weighted by molar-refractivity contribution is 1.49. The van der Waals surface area contributed by atoms with E-state index in [0.29, 0.717) is 0 Å². The first kappa shape index (κ1) is 42.7. The molecule has 0 heteroatoms. The van der Waals surface area contributed by atoms with Crippen molar-refractivity contribution in [2.45, 2.75) is 90.0 Å². The minimum atomic E-state index is 1.23. The predicted molar refractivity (Wildman–Crippen MR) is 111 cm³/mol. The second-order valence-corrected chi connectivity index (χ2v) is 2.31. The van der Waals surface area contributed by atoms with Gasteiger partial charge in [0.15, 0.2) is 0 Å². The Morgan fingerprint density at radius 2 is 0.810 bits per heavy atom. The molecule has 0 rings (SSSR count). The topological polar surface area (TPSA) is 0 Å². The molecule has 0 nitrogen and oxygen atoms in total. The van der Waals surface area contributed by atoms with Crippen molar-refractivity contribution in [1.29, 1.82) is 0 Å². The van der Waals surface area contributed by atoms with E-state index in [9.17, 15) is 0 Å². The van der Waals surface area contributed by atoms with Gasteiger partial charge in [-0.1, -0.05) is 97.9 Å².